The molecule has 0 bridgehead atoms. The van der Waals surface area contributed by atoms with Crippen molar-refractivity contribution >= 4 is 34.9 Å². The third kappa shape index (κ3) is 3.64. The fourth-order valence-corrected chi connectivity index (χ4v) is 6.58. The minimum atomic E-state index is -4.35. The van der Waals surface area contributed by atoms with Crippen molar-refractivity contribution in [3.63, 3.8) is 0 Å². The summed E-state index contributed by atoms with van der Waals surface area (Å²) in [7, 11) is 1.81. The molecule has 1 saturated heterocycles. The van der Waals surface area contributed by atoms with E-state index in [9.17, 15) is 13.2 Å². The molecule has 2 heterocycles. The quantitative estimate of drug-likeness (QED) is 0.892. The molecule has 2 rings (SSSR count). The molecule has 0 amide bonds. The van der Waals surface area contributed by atoms with Gasteiger partial charge in [0.05, 0.1) is 6.04 Å². The highest BCUT2D eigenvalue weighted by Crippen LogP contribution is 2.42. The second kappa shape index (κ2) is 6.89. The average molecular weight is 342 g/mol. The van der Waals surface area contributed by atoms with Gasteiger partial charge in [-0.15, -0.1) is 11.3 Å². The number of hydrogen-bond acceptors (Lipinski definition) is 5. The van der Waals surface area contributed by atoms with Crippen LogP contribution in [0.15, 0.2) is 6.20 Å². The maximum atomic E-state index is 12.7. The zero-order valence-corrected chi connectivity index (χ0v) is 13.7. The molecule has 114 valence electrons. The Morgan fingerprint density at radius 2 is 2.10 bits per heavy atom. The first-order valence-corrected chi connectivity index (χ1v) is 9.32. The van der Waals surface area contributed by atoms with Crippen LogP contribution < -0.4 is 5.32 Å². The van der Waals surface area contributed by atoms with Gasteiger partial charge < -0.3 is 5.32 Å². The van der Waals surface area contributed by atoms with E-state index < -0.39 is 11.2 Å². The molecular weight excluding hydrogens is 325 g/mol. The lowest BCUT2D eigenvalue weighted by atomic mass is 10.1. The minimum Gasteiger partial charge on any atom is -0.311 e. The number of rotatable bonds is 4. The van der Waals surface area contributed by atoms with Crippen molar-refractivity contribution in [1.82, 2.24) is 10.3 Å². The van der Waals surface area contributed by atoms with Crippen LogP contribution in [0.25, 0.3) is 0 Å². The first kappa shape index (κ1) is 16.5. The molecular formula is C12H17F3N2S3. The Hall–Kier alpha value is 0.0800. The van der Waals surface area contributed by atoms with Gasteiger partial charge in [0, 0.05) is 33.1 Å². The molecule has 0 spiro atoms. The molecule has 0 aliphatic carbocycles. The number of hydrogen-bond donors (Lipinski definition) is 1. The molecule has 3 unspecified atom stereocenters. The summed E-state index contributed by atoms with van der Waals surface area (Å²) in [6.07, 6.45) is -1.94. The molecule has 20 heavy (non-hydrogen) atoms. The van der Waals surface area contributed by atoms with E-state index in [-0.39, 0.29) is 6.04 Å². The number of halogens is 3. The fourth-order valence-electron chi connectivity index (χ4n) is 2.28. The molecule has 8 heteroatoms. The predicted octanol–water partition coefficient (Wildman–Crippen LogP) is 4.05. The molecule has 1 fully saturated rings. The van der Waals surface area contributed by atoms with Crippen LogP contribution in [0.3, 0.4) is 0 Å². The summed E-state index contributed by atoms with van der Waals surface area (Å²) in [5.41, 5.74) is 0. The van der Waals surface area contributed by atoms with Crippen LogP contribution in [-0.4, -0.2) is 34.0 Å². The number of nitrogens with zero attached hydrogens (tertiary/aromatic N) is 1. The Balaban J connectivity index is 2.20. The number of thioether (sulfide) groups is 2. The Morgan fingerprint density at radius 1 is 1.40 bits per heavy atom. The van der Waals surface area contributed by atoms with Crippen LogP contribution in [0.4, 0.5) is 13.2 Å². The molecule has 0 aromatic carbocycles. The van der Waals surface area contributed by atoms with Gasteiger partial charge in [-0.25, -0.2) is 4.98 Å². The third-order valence-electron chi connectivity index (χ3n) is 3.21. The fraction of sp³-hybridized carbons (Fsp3) is 0.750. The zero-order valence-electron chi connectivity index (χ0n) is 11.2. The molecule has 1 aromatic heterocycles. The molecule has 0 radical (unpaired) electrons. The monoisotopic (exact) mass is 342 g/mol. The molecule has 1 aliphatic heterocycles. The number of nitrogens with one attached hydrogen (secondary N) is 1. The van der Waals surface area contributed by atoms with Gasteiger partial charge >= 0.3 is 6.18 Å². The second-order valence-electron chi connectivity index (χ2n) is 4.48. The Morgan fingerprint density at radius 3 is 2.65 bits per heavy atom. The first-order valence-electron chi connectivity index (χ1n) is 6.40. The van der Waals surface area contributed by atoms with E-state index in [2.05, 4.69) is 17.2 Å². The van der Waals surface area contributed by atoms with Crippen LogP contribution in [0.1, 0.15) is 29.3 Å². The summed E-state index contributed by atoms with van der Waals surface area (Å²) >= 11 is 4.54. The van der Waals surface area contributed by atoms with E-state index in [0.717, 1.165) is 29.3 Å². The number of alkyl halides is 3. The molecule has 2 nitrogen and oxygen atoms in total. The highest BCUT2D eigenvalue weighted by atomic mass is 32.2. The van der Waals surface area contributed by atoms with Crippen molar-refractivity contribution in [2.45, 2.75) is 36.1 Å². The molecule has 0 saturated carbocycles. The Bertz CT molecular complexity index is 436. The van der Waals surface area contributed by atoms with Gasteiger partial charge in [-0.05, 0) is 13.5 Å². The maximum absolute atomic E-state index is 12.7. The summed E-state index contributed by atoms with van der Waals surface area (Å²) < 4.78 is 38.0. The summed E-state index contributed by atoms with van der Waals surface area (Å²) in [5.74, 6) is 2.17. The minimum absolute atomic E-state index is 0.0636. The third-order valence-corrected chi connectivity index (χ3v) is 7.68. The smallest absolute Gasteiger partial charge is 0.311 e. The Kier molecular flexibility index (Phi) is 5.67. The standard InChI is InChI=1S/C12H17F3N2S3/c1-3-7-10(19-5-4-18-7)9(16-2)8-6-17-11(20-8)12(13,14)15/h6-7,9-10,16H,3-5H2,1-2H3. The highest BCUT2D eigenvalue weighted by molar-refractivity contribution is 8.07. The van der Waals surface area contributed by atoms with E-state index in [1.54, 1.807) is 0 Å². The predicted molar refractivity (Wildman–Crippen MR) is 81.7 cm³/mol. The van der Waals surface area contributed by atoms with Crippen LogP contribution in [0.5, 0.6) is 0 Å². The second-order valence-corrected chi connectivity index (χ2v) is 8.18. The van der Waals surface area contributed by atoms with Crippen LogP contribution in [-0.2, 0) is 6.18 Å². The van der Waals surface area contributed by atoms with Gasteiger partial charge in [-0.1, -0.05) is 6.92 Å². The van der Waals surface area contributed by atoms with Gasteiger partial charge in [0.1, 0.15) is 0 Å². The summed E-state index contributed by atoms with van der Waals surface area (Å²) in [5, 5.41) is 3.20. The van der Waals surface area contributed by atoms with Gasteiger partial charge in [-0.2, -0.15) is 36.7 Å². The topological polar surface area (TPSA) is 24.9 Å². The van der Waals surface area contributed by atoms with Gasteiger partial charge in [0.2, 0.25) is 0 Å². The van der Waals surface area contributed by atoms with Crippen LogP contribution >= 0.6 is 34.9 Å². The molecule has 1 aromatic rings. The van der Waals surface area contributed by atoms with Crippen molar-refractivity contribution < 1.29 is 13.2 Å². The van der Waals surface area contributed by atoms with Crippen molar-refractivity contribution in [1.29, 1.82) is 0 Å². The molecule has 1 aliphatic rings. The first-order chi connectivity index (χ1) is 9.47. The SMILES string of the molecule is CCC1SCCSC1C(NC)c1cnc(C(F)(F)F)s1. The van der Waals surface area contributed by atoms with E-state index >= 15 is 0 Å². The van der Waals surface area contributed by atoms with Crippen molar-refractivity contribution in [2.24, 2.45) is 0 Å². The number of thiazole rings is 1. The van der Waals surface area contributed by atoms with Gasteiger partial charge in [0.15, 0.2) is 5.01 Å². The van der Waals surface area contributed by atoms with E-state index in [4.69, 9.17) is 0 Å². The highest BCUT2D eigenvalue weighted by Gasteiger charge is 2.38. The summed E-state index contributed by atoms with van der Waals surface area (Å²) in [4.78, 5) is 4.22. The lowest BCUT2D eigenvalue weighted by Gasteiger charge is -2.35. The Labute approximate surface area is 129 Å². The van der Waals surface area contributed by atoms with Crippen molar-refractivity contribution in [3.8, 4) is 0 Å². The van der Waals surface area contributed by atoms with Crippen molar-refractivity contribution in [2.75, 3.05) is 18.6 Å². The lowest BCUT2D eigenvalue weighted by molar-refractivity contribution is -0.137. The van der Waals surface area contributed by atoms with E-state index in [0.29, 0.717) is 15.4 Å². The van der Waals surface area contributed by atoms with Crippen LogP contribution in [0.2, 0.25) is 0 Å². The zero-order chi connectivity index (χ0) is 14.8. The lowest BCUT2D eigenvalue weighted by Crippen LogP contribution is -2.36. The normalized spacial score (nSPS) is 25.6. The van der Waals surface area contributed by atoms with Gasteiger partial charge in [0.25, 0.3) is 0 Å². The molecule has 1 N–H and O–H groups in total. The molecule has 3 atom stereocenters. The van der Waals surface area contributed by atoms with Crippen molar-refractivity contribution in [3.05, 3.63) is 16.1 Å². The van der Waals surface area contributed by atoms with Gasteiger partial charge in [-0.3, -0.25) is 0 Å². The number of aromatic nitrogens is 1. The van der Waals surface area contributed by atoms with E-state index in [1.807, 2.05) is 30.6 Å². The summed E-state index contributed by atoms with van der Waals surface area (Å²) in [6, 6.07) is -0.0636. The maximum Gasteiger partial charge on any atom is 0.443 e. The summed E-state index contributed by atoms with van der Waals surface area (Å²) in [6.45, 7) is 2.14. The van der Waals surface area contributed by atoms with E-state index in [1.165, 1.54) is 6.20 Å². The van der Waals surface area contributed by atoms with Crippen LogP contribution in [0, 0.1) is 0 Å². The average Bonchev–Trinajstić information content (AvgIpc) is 2.90. The largest absolute Gasteiger partial charge is 0.443 e.